The van der Waals surface area contributed by atoms with Gasteiger partial charge in [-0.05, 0) is 0 Å². The molecular formula is C7H9N2OU-. The number of ketones is 1. The van der Waals surface area contributed by atoms with Gasteiger partial charge in [0.15, 0.2) is 5.78 Å². The summed E-state index contributed by atoms with van der Waals surface area (Å²) in [5, 5.41) is 7.11. The van der Waals surface area contributed by atoms with Crippen molar-refractivity contribution in [3.63, 3.8) is 0 Å². The Morgan fingerprint density at radius 2 is 2.27 bits per heavy atom. The van der Waals surface area contributed by atoms with E-state index in [0.29, 0.717) is 5.56 Å². The van der Waals surface area contributed by atoms with Gasteiger partial charge in [-0.2, -0.15) is 0 Å². The van der Waals surface area contributed by atoms with Crippen LogP contribution in [0.3, 0.4) is 0 Å². The normalized spacial score (nSPS) is 9.36. The van der Waals surface area contributed by atoms with Crippen molar-refractivity contribution < 1.29 is 35.9 Å². The van der Waals surface area contributed by atoms with E-state index < -0.39 is 0 Å². The monoisotopic (exact) mass is 375 g/mol. The molecular weight excluding hydrogens is 366 g/mol. The predicted molar refractivity (Wildman–Crippen MR) is 36.7 cm³/mol. The van der Waals surface area contributed by atoms with Gasteiger partial charge >= 0.3 is 0 Å². The Labute approximate surface area is 89.3 Å². The Balaban J connectivity index is 0.000001000. The smallest absolute Gasteiger partial charge is 0.165 e. The molecule has 0 N–H and O–H groups in total. The number of hydrogen-bond acceptors (Lipinski definition) is 2. The quantitative estimate of drug-likeness (QED) is 0.721. The summed E-state index contributed by atoms with van der Waals surface area (Å²) in [6.45, 7) is 3.71. The maximum atomic E-state index is 11.1. The van der Waals surface area contributed by atoms with Crippen LogP contribution in [0.25, 0.3) is 0 Å². The first-order chi connectivity index (χ1) is 4.72. The van der Waals surface area contributed by atoms with Gasteiger partial charge in [0.2, 0.25) is 0 Å². The summed E-state index contributed by atoms with van der Waals surface area (Å²) in [7, 11) is 0. The minimum absolute atomic E-state index is 0. The van der Waals surface area contributed by atoms with Gasteiger partial charge in [0.05, 0.1) is 0 Å². The van der Waals surface area contributed by atoms with E-state index in [2.05, 4.69) is 10.2 Å². The third kappa shape index (κ3) is 2.80. The van der Waals surface area contributed by atoms with Crippen LogP contribution in [-0.2, 0) is 0 Å². The molecule has 0 fully saturated rings. The fraction of sp³-hybridized carbons (Fsp3) is 0.429. The Hall–Kier alpha value is -0.0681. The SMILES string of the molecule is CC(C)C(=O)c1cn[n-]c1.[U]. The molecule has 4 heteroatoms. The van der Waals surface area contributed by atoms with Crippen LogP contribution in [-0.4, -0.2) is 10.9 Å². The number of carbonyl (C=O) groups excluding carboxylic acids is 1. The zero-order chi connectivity index (χ0) is 7.56. The predicted octanol–water partition coefficient (Wildman–Crippen LogP) is 0.877. The van der Waals surface area contributed by atoms with Crippen LogP contribution >= 0.6 is 0 Å². The third-order valence-electron chi connectivity index (χ3n) is 1.27. The summed E-state index contributed by atoms with van der Waals surface area (Å²) in [6.07, 6.45) is 2.98. The van der Waals surface area contributed by atoms with Crippen LogP contribution in [0.4, 0.5) is 0 Å². The van der Waals surface area contributed by atoms with Gasteiger partial charge in [0.1, 0.15) is 0 Å². The van der Waals surface area contributed by atoms with Gasteiger partial charge in [-0.3, -0.25) is 4.79 Å². The first kappa shape index (κ1) is 10.9. The summed E-state index contributed by atoms with van der Waals surface area (Å²) in [6, 6.07) is 0. The van der Waals surface area contributed by atoms with Gasteiger partial charge in [-0.25, -0.2) is 0 Å². The Bertz CT molecular complexity index is 218. The molecule has 0 bridgehead atoms. The van der Waals surface area contributed by atoms with Crippen molar-refractivity contribution >= 4 is 5.78 Å². The van der Waals surface area contributed by atoms with E-state index in [0.717, 1.165) is 0 Å². The standard InChI is InChI=1S/C7H10N2O.U/c1-5(2)7(10)6-3-8-9-4-6;/h3-5H,1-2H3,(H,8,9,10);/p-1. The molecule has 1 aromatic heterocycles. The van der Waals surface area contributed by atoms with Crippen molar-refractivity contribution in [1.82, 2.24) is 10.2 Å². The maximum Gasteiger partial charge on any atom is 0.165 e. The van der Waals surface area contributed by atoms with E-state index in [4.69, 9.17) is 0 Å². The van der Waals surface area contributed by atoms with Crippen LogP contribution in [0.2, 0.25) is 0 Å². The molecule has 0 unspecified atom stereocenters. The number of aromatic nitrogens is 2. The van der Waals surface area contributed by atoms with Crippen molar-refractivity contribution in [2.24, 2.45) is 5.92 Å². The van der Waals surface area contributed by atoms with E-state index in [1.807, 2.05) is 13.8 Å². The topological polar surface area (TPSA) is 44.1 Å². The van der Waals surface area contributed by atoms with Crippen molar-refractivity contribution in [3.05, 3.63) is 18.0 Å². The van der Waals surface area contributed by atoms with Gasteiger partial charge in [-0.15, -0.1) is 6.20 Å². The number of rotatable bonds is 2. The van der Waals surface area contributed by atoms with Gasteiger partial charge in [0.25, 0.3) is 0 Å². The summed E-state index contributed by atoms with van der Waals surface area (Å²) >= 11 is 0. The van der Waals surface area contributed by atoms with Crippen LogP contribution in [0, 0.1) is 37.0 Å². The molecule has 0 aliphatic heterocycles. The summed E-state index contributed by atoms with van der Waals surface area (Å²) in [4.78, 5) is 11.1. The molecule has 0 amide bonds. The Morgan fingerprint density at radius 3 is 2.64 bits per heavy atom. The molecule has 11 heavy (non-hydrogen) atoms. The first-order valence-electron chi connectivity index (χ1n) is 3.19. The van der Waals surface area contributed by atoms with E-state index in [-0.39, 0.29) is 42.8 Å². The number of carbonyl (C=O) groups is 1. The van der Waals surface area contributed by atoms with Gasteiger partial charge < -0.3 is 10.2 Å². The van der Waals surface area contributed by atoms with Crippen molar-refractivity contribution in [2.75, 3.05) is 0 Å². The van der Waals surface area contributed by atoms with E-state index in [9.17, 15) is 4.79 Å². The number of Topliss-reactive ketones (excluding diaryl/α,β-unsaturated/α-hetero) is 1. The van der Waals surface area contributed by atoms with Crippen molar-refractivity contribution in [2.45, 2.75) is 13.8 Å². The van der Waals surface area contributed by atoms with E-state index in [1.54, 1.807) is 0 Å². The molecule has 0 aliphatic carbocycles. The molecule has 0 atom stereocenters. The van der Waals surface area contributed by atoms with Crippen molar-refractivity contribution in [3.8, 4) is 0 Å². The minimum Gasteiger partial charge on any atom is -0.581 e. The number of hydrogen-bond donors (Lipinski definition) is 0. The van der Waals surface area contributed by atoms with Crippen molar-refractivity contribution in [1.29, 1.82) is 0 Å². The van der Waals surface area contributed by atoms with Gasteiger partial charge in [-0.1, -0.05) is 13.8 Å². The fourth-order valence-corrected chi connectivity index (χ4v) is 0.685. The second-order valence-electron chi connectivity index (χ2n) is 2.46. The molecule has 0 aliphatic rings. The zero-order valence-electron chi connectivity index (χ0n) is 6.53. The minimum atomic E-state index is 0. The molecule has 0 aromatic carbocycles. The number of nitrogens with zero attached hydrogens (tertiary/aromatic N) is 2. The maximum absolute atomic E-state index is 11.1. The molecule has 58 valence electrons. The Kier molecular flexibility index (Phi) is 4.71. The fourth-order valence-electron chi connectivity index (χ4n) is 0.685. The molecule has 0 saturated carbocycles. The molecule has 1 heterocycles. The molecule has 0 saturated heterocycles. The Morgan fingerprint density at radius 1 is 1.64 bits per heavy atom. The second-order valence-corrected chi connectivity index (χ2v) is 2.46. The summed E-state index contributed by atoms with van der Waals surface area (Å²) in [5.74, 6) is 0.135. The zero-order valence-corrected chi connectivity index (χ0v) is 10.7. The summed E-state index contributed by atoms with van der Waals surface area (Å²) < 4.78 is 0. The van der Waals surface area contributed by atoms with E-state index in [1.165, 1.54) is 12.4 Å². The molecule has 0 radical (unpaired) electrons. The van der Waals surface area contributed by atoms with E-state index >= 15 is 0 Å². The summed E-state index contributed by atoms with van der Waals surface area (Å²) in [5.41, 5.74) is 0.606. The molecule has 1 rings (SSSR count). The van der Waals surface area contributed by atoms with Crippen LogP contribution in [0.1, 0.15) is 24.2 Å². The molecule has 0 spiro atoms. The molecule has 3 nitrogen and oxygen atoms in total. The average molecular weight is 375 g/mol. The van der Waals surface area contributed by atoms with Crippen LogP contribution in [0.15, 0.2) is 12.4 Å². The van der Waals surface area contributed by atoms with Crippen LogP contribution < -0.4 is 5.10 Å². The first-order valence-corrected chi connectivity index (χ1v) is 3.19. The average Bonchev–Trinajstić information content (AvgIpc) is 2.36. The second kappa shape index (κ2) is 4.74. The molecule has 1 aromatic rings. The van der Waals surface area contributed by atoms with Gasteiger partial charge in [0, 0.05) is 48.8 Å². The largest absolute Gasteiger partial charge is 0.581 e. The van der Waals surface area contributed by atoms with Crippen LogP contribution in [0.5, 0.6) is 0 Å². The third-order valence-corrected chi connectivity index (χ3v) is 1.27.